The molecule has 0 radical (unpaired) electrons. The highest BCUT2D eigenvalue weighted by Gasteiger charge is 2.25. The predicted molar refractivity (Wildman–Crippen MR) is 94.0 cm³/mol. The average Bonchev–Trinajstić information content (AvgIpc) is 2.81. The fourth-order valence-corrected chi connectivity index (χ4v) is 3.69. The molecular formula is C16H28N4O2S. The first-order valence-electron chi connectivity index (χ1n) is 8.22. The maximum Gasteiger partial charge on any atom is 0.307 e. The molecule has 0 aromatic carbocycles. The summed E-state index contributed by atoms with van der Waals surface area (Å²) >= 11 is 1.14. The molecule has 2 rings (SSSR count). The molecule has 1 amide bonds. The van der Waals surface area contributed by atoms with E-state index in [0.717, 1.165) is 43.2 Å². The molecule has 1 aromatic heterocycles. The molecule has 0 aliphatic carbocycles. The molecule has 2 heterocycles. The number of carbonyl (C=O) groups is 1. The molecule has 0 spiro atoms. The van der Waals surface area contributed by atoms with Crippen LogP contribution in [0.1, 0.15) is 19.5 Å². The number of rotatable bonds is 6. The maximum absolute atomic E-state index is 12.2. The van der Waals surface area contributed by atoms with Crippen LogP contribution in [0.4, 0.5) is 0 Å². The van der Waals surface area contributed by atoms with E-state index < -0.39 is 0 Å². The van der Waals surface area contributed by atoms with Gasteiger partial charge < -0.3 is 10.2 Å². The van der Waals surface area contributed by atoms with Crippen LogP contribution in [0.3, 0.4) is 0 Å². The molecule has 0 saturated carbocycles. The van der Waals surface area contributed by atoms with Crippen LogP contribution >= 0.6 is 11.3 Å². The molecule has 1 N–H and O–H groups in total. The zero-order valence-corrected chi connectivity index (χ0v) is 15.4. The lowest BCUT2D eigenvalue weighted by molar-refractivity contribution is -0.122. The Kier molecular flexibility index (Phi) is 6.38. The average molecular weight is 340 g/mol. The number of carbonyl (C=O) groups excluding carboxylic acids is 1. The van der Waals surface area contributed by atoms with Crippen LogP contribution in [-0.2, 0) is 11.3 Å². The van der Waals surface area contributed by atoms with Crippen LogP contribution in [0.5, 0.6) is 0 Å². The first-order chi connectivity index (χ1) is 10.9. The van der Waals surface area contributed by atoms with Gasteiger partial charge in [0.15, 0.2) is 0 Å². The van der Waals surface area contributed by atoms with E-state index in [1.165, 1.54) is 4.57 Å². The largest absolute Gasteiger partial charge is 0.353 e. The van der Waals surface area contributed by atoms with Crippen LogP contribution in [0.25, 0.3) is 0 Å². The lowest BCUT2D eigenvalue weighted by Gasteiger charge is -2.39. The fraction of sp³-hybridized carbons (Fsp3) is 0.750. The second kappa shape index (κ2) is 8.08. The van der Waals surface area contributed by atoms with Crippen molar-refractivity contribution in [3.63, 3.8) is 0 Å². The molecule has 1 aliphatic rings. The molecule has 0 bridgehead atoms. The minimum atomic E-state index is -0.0895. The molecule has 1 saturated heterocycles. The summed E-state index contributed by atoms with van der Waals surface area (Å²) in [6, 6.07) is 0.341. The third-order valence-corrected chi connectivity index (χ3v) is 5.44. The number of aryl methyl sites for hydroxylation is 1. The fourth-order valence-electron chi connectivity index (χ4n) is 2.95. The van der Waals surface area contributed by atoms with Crippen LogP contribution < -0.4 is 10.2 Å². The van der Waals surface area contributed by atoms with Crippen molar-refractivity contribution in [3.8, 4) is 0 Å². The molecule has 130 valence electrons. The number of thiazole rings is 1. The Morgan fingerprint density at radius 3 is 2.48 bits per heavy atom. The van der Waals surface area contributed by atoms with Crippen molar-refractivity contribution >= 4 is 17.2 Å². The SMILES string of the molecule is Cc1csc(=O)n1CC(=O)NCC(C(C)C)N1CCN(C)CC1. The molecule has 1 fully saturated rings. The van der Waals surface area contributed by atoms with E-state index in [9.17, 15) is 9.59 Å². The molecule has 1 aromatic rings. The summed E-state index contributed by atoms with van der Waals surface area (Å²) in [4.78, 5) is 28.6. The van der Waals surface area contributed by atoms with Gasteiger partial charge >= 0.3 is 4.87 Å². The van der Waals surface area contributed by atoms with E-state index in [2.05, 4.69) is 36.0 Å². The maximum atomic E-state index is 12.2. The summed E-state index contributed by atoms with van der Waals surface area (Å²) in [6.07, 6.45) is 0. The number of hydrogen-bond acceptors (Lipinski definition) is 5. The second-order valence-corrected chi connectivity index (χ2v) is 7.50. The number of piperazine rings is 1. The Morgan fingerprint density at radius 2 is 1.96 bits per heavy atom. The minimum Gasteiger partial charge on any atom is -0.353 e. The molecule has 7 heteroatoms. The molecule has 1 unspecified atom stereocenters. The highest BCUT2D eigenvalue weighted by molar-refractivity contribution is 7.07. The zero-order chi connectivity index (χ0) is 17.0. The van der Waals surface area contributed by atoms with Crippen LogP contribution in [0.2, 0.25) is 0 Å². The monoisotopic (exact) mass is 340 g/mol. The summed E-state index contributed by atoms with van der Waals surface area (Å²) < 4.78 is 1.53. The van der Waals surface area contributed by atoms with Crippen molar-refractivity contribution in [2.75, 3.05) is 39.8 Å². The first-order valence-corrected chi connectivity index (χ1v) is 9.10. The van der Waals surface area contributed by atoms with Gasteiger partial charge in [-0.05, 0) is 19.9 Å². The minimum absolute atomic E-state index is 0.0721. The summed E-state index contributed by atoms with van der Waals surface area (Å²) in [7, 11) is 2.14. The highest BCUT2D eigenvalue weighted by Crippen LogP contribution is 2.12. The van der Waals surface area contributed by atoms with Gasteiger partial charge in [-0.2, -0.15) is 0 Å². The number of nitrogens with zero attached hydrogens (tertiary/aromatic N) is 3. The predicted octanol–water partition coefficient (Wildman–Crippen LogP) is 0.606. The van der Waals surface area contributed by atoms with Crippen molar-refractivity contribution in [2.24, 2.45) is 5.92 Å². The number of hydrogen-bond donors (Lipinski definition) is 1. The van der Waals surface area contributed by atoms with Gasteiger partial charge in [0, 0.05) is 49.8 Å². The summed E-state index contributed by atoms with van der Waals surface area (Å²) in [5.74, 6) is 0.387. The van der Waals surface area contributed by atoms with Crippen LogP contribution in [-0.4, -0.2) is 66.1 Å². The normalized spacial score (nSPS) is 18.3. The van der Waals surface area contributed by atoms with Crippen molar-refractivity contribution in [3.05, 3.63) is 20.7 Å². The van der Waals surface area contributed by atoms with Gasteiger partial charge in [-0.3, -0.25) is 19.1 Å². The molecular weight excluding hydrogens is 312 g/mol. The van der Waals surface area contributed by atoms with Gasteiger partial charge in [0.1, 0.15) is 6.54 Å². The summed E-state index contributed by atoms with van der Waals surface area (Å²) in [6.45, 7) is 11.2. The standard InChI is InChI=1S/C16H28N4O2S/c1-12(2)14(19-7-5-18(4)6-8-19)9-17-15(21)10-20-13(3)11-23-16(20)22/h11-12,14H,5-10H2,1-4H3,(H,17,21). The van der Waals surface area contributed by atoms with E-state index >= 15 is 0 Å². The number of nitrogens with one attached hydrogen (secondary N) is 1. The van der Waals surface area contributed by atoms with E-state index in [1.807, 2.05) is 6.92 Å². The lowest BCUT2D eigenvalue weighted by Crippen LogP contribution is -2.54. The Balaban J connectivity index is 1.88. The zero-order valence-electron chi connectivity index (χ0n) is 14.5. The van der Waals surface area contributed by atoms with Gasteiger partial charge in [0.25, 0.3) is 0 Å². The quantitative estimate of drug-likeness (QED) is 0.824. The first kappa shape index (κ1) is 18.2. The lowest BCUT2D eigenvalue weighted by atomic mass is 10.0. The van der Waals surface area contributed by atoms with Gasteiger partial charge in [0.2, 0.25) is 5.91 Å². The molecule has 1 aliphatic heterocycles. The Bertz CT molecular complexity index is 573. The Labute approximate surface area is 142 Å². The van der Waals surface area contributed by atoms with Crippen molar-refractivity contribution in [1.29, 1.82) is 0 Å². The van der Waals surface area contributed by atoms with Gasteiger partial charge in [-0.25, -0.2) is 0 Å². The van der Waals surface area contributed by atoms with Crippen molar-refractivity contribution in [1.82, 2.24) is 19.7 Å². The topological polar surface area (TPSA) is 57.6 Å². The Hall–Kier alpha value is -1.18. The number of aromatic nitrogens is 1. The highest BCUT2D eigenvalue weighted by atomic mass is 32.1. The van der Waals surface area contributed by atoms with Crippen molar-refractivity contribution < 1.29 is 4.79 Å². The second-order valence-electron chi connectivity index (χ2n) is 6.68. The molecule has 1 atom stereocenters. The van der Waals surface area contributed by atoms with E-state index in [4.69, 9.17) is 0 Å². The molecule has 23 heavy (non-hydrogen) atoms. The van der Waals surface area contributed by atoms with Crippen LogP contribution in [0.15, 0.2) is 10.2 Å². The van der Waals surface area contributed by atoms with Gasteiger partial charge in [-0.15, -0.1) is 0 Å². The summed E-state index contributed by atoms with van der Waals surface area (Å²) in [5, 5.41) is 4.80. The van der Waals surface area contributed by atoms with Crippen LogP contribution in [0, 0.1) is 12.8 Å². The van der Waals surface area contributed by atoms with Crippen molar-refractivity contribution in [2.45, 2.75) is 33.4 Å². The Morgan fingerprint density at radius 1 is 1.30 bits per heavy atom. The smallest absolute Gasteiger partial charge is 0.307 e. The van der Waals surface area contributed by atoms with E-state index in [1.54, 1.807) is 5.38 Å². The number of amides is 1. The van der Waals surface area contributed by atoms with Gasteiger partial charge in [0.05, 0.1) is 0 Å². The molecule has 6 nitrogen and oxygen atoms in total. The number of likely N-dealkylation sites (N-methyl/N-ethyl adjacent to an activating group) is 1. The third kappa shape index (κ3) is 4.89. The third-order valence-electron chi connectivity index (χ3n) is 4.56. The summed E-state index contributed by atoms with van der Waals surface area (Å²) in [5.41, 5.74) is 0.842. The van der Waals surface area contributed by atoms with E-state index in [-0.39, 0.29) is 17.3 Å². The van der Waals surface area contributed by atoms with E-state index in [0.29, 0.717) is 18.5 Å². The van der Waals surface area contributed by atoms with Gasteiger partial charge in [-0.1, -0.05) is 25.2 Å².